The van der Waals surface area contributed by atoms with Crippen molar-refractivity contribution in [3.63, 3.8) is 0 Å². The molecule has 6 atom stereocenters. The molecule has 1 aromatic heterocycles. The monoisotopic (exact) mass is 858 g/mol. The summed E-state index contributed by atoms with van der Waals surface area (Å²) in [5.74, 6) is -0.843. The lowest BCUT2D eigenvalue weighted by Gasteiger charge is -2.43. The standard InChI is InChI=1S/C38H70N6O10SSi2/c1-23(2)19-26(42-32(46)29(40)24(3)4)31(45)41-17-16-18-43-33(47)25(5)20-44(35(43)48)34-30(53-57(14,15)37(9,10)11)38(27(39)22-55(49,50)54-38)28(52-34)21-51-56(12,13)36(6,7)8/h20,22-24,26,28-30,34H,16-19,21,39-40H2,1-15H3,(H,41,45)(H,42,46)/t26-,28+,29-,30-,34+,38+/m0/s1. The lowest BCUT2D eigenvalue weighted by Crippen LogP contribution is -2.59. The number of carbonyl (C=O) groups excluding carboxylic acids is 2. The van der Waals surface area contributed by atoms with Crippen molar-refractivity contribution >= 4 is 38.6 Å². The van der Waals surface area contributed by atoms with Gasteiger partial charge in [-0.25, -0.2) is 8.98 Å². The zero-order valence-electron chi connectivity index (χ0n) is 36.8. The number of aromatic nitrogens is 2. The fraction of sp³-hybridized carbons (Fsp3) is 0.789. The van der Waals surface area contributed by atoms with Crippen LogP contribution in [0.4, 0.5) is 0 Å². The van der Waals surface area contributed by atoms with Gasteiger partial charge < -0.3 is 35.7 Å². The molecule has 1 spiro atoms. The average Bonchev–Trinajstić information content (AvgIpc) is 3.48. The van der Waals surface area contributed by atoms with E-state index >= 15 is 0 Å². The first kappa shape index (κ1) is 48.7. The highest BCUT2D eigenvalue weighted by Gasteiger charge is 2.67. The number of nitrogens with one attached hydrogen (secondary N) is 2. The topological polar surface area (TPSA) is 225 Å². The zero-order chi connectivity index (χ0) is 43.9. The molecule has 2 aliphatic rings. The molecule has 0 aliphatic carbocycles. The zero-order valence-corrected chi connectivity index (χ0v) is 39.6. The summed E-state index contributed by atoms with van der Waals surface area (Å²) in [6.07, 6.45) is -1.71. The minimum Gasteiger partial charge on any atom is -0.414 e. The van der Waals surface area contributed by atoms with E-state index in [1.54, 1.807) is 6.92 Å². The lowest BCUT2D eigenvalue weighted by molar-refractivity contribution is -0.130. The second-order valence-electron chi connectivity index (χ2n) is 19.4. The quantitative estimate of drug-likeness (QED) is 0.106. The number of hydrogen-bond acceptors (Lipinski definition) is 12. The molecule has 1 aromatic rings. The van der Waals surface area contributed by atoms with Gasteiger partial charge in [-0.2, -0.15) is 8.42 Å². The van der Waals surface area contributed by atoms with Crippen molar-refractivity contribution < 1.29 is 35.8 Å². The molecule has 0 aromatic carbocycles. The molecule has 2 amide bonds. The molecule has 326 valence electrons. The summed E-state index contributed by atoms with van der Waals surface area (Å²) in [6, 6.07) is -1.59. The maximum Gasteiger partial charge on any atom is 0.333 e. The van der Waals surface area contributed by atoms with Gasteiger partial charge in [0.05, 0.1) is 23.8 Å². The van der Waals surface area contributed by atoms with E-state index in [4.69, 9.17) is 29.2 Å². The van der Waals surface area contributed by atoms with E-state index in [2.05, 4.69) is 44.5 Å². The highest BCUT2D eigenvalue weighted by atomic mass is 32.2. The maximum atomic E-state index is 14.4. The van der Waals surface area contributed by atoms with Crippen LogP contribution in [0.25, 0.3) is 0 Å². The summed E-state index contributed by atoms with van der Waals surface area (Å²) in [5.41, 5.74) is 9.55. The Balaban J connectivity index is 2.05. The predicted octanol–water partition coefficient (Wildman–Crippen LogP) is 3.55. The van der Waals surface area contributed by atoms with E-state index in [0.29, 0.717) is 6.42 Å². The Morgan fingerprint density at radius 3 is 2.07 bits per heavy atom. The molecule has 1 saturated heterocycles. The molecular formula is C38H70N6O10SSi2. The van der Waals surface area contributed by atoms with Crippen LogP contribution in [-0.4, -0.2) is 89.0 Å². The van der Waals surface area contributed by atoms with Crippen LogP contribution in [0.5, 0.6) is 0 Å². The van der Waals surface area contributed by atoms with E-state index in [9.17, 15) is 27.6 Å². The molecule has 19 heteroatoms. The first-order valence-corrected chi connectivity index (χ1v) is 27.1. The van der Waals surface area contributed by atoms with Gasteiger partial charge in [0, 0.05) is 24.8 Å². The third-order valence-electron chi connectivity index (χ3n) is 11.9. The maximum absolute atomic E-state index is 14.4. The van der Waals surface area contributed by atoms with Gasteiger partial charge in [-0.1, -0.05) is 69.2 Å². The van der Waals surface area contributed by atoms with Gasteiger partial charge in [-0.05, 0) is 67.9 Å². The molecule has 16 nitrogen and oxygen atoms in total. The molecule has 0 unspecified atom stereocenters. The molecule has 2 aliphatic heterocycles. The Morgan fingerprint density at radius 2 is 1.58 bits per heavy atom. The molecule has 1 fully saturated rings. The number of nitrogens with zero attached hydrogens (tertiary/aromatic N) is 2. The normalized spacial score (nSPS) is 23.9. The Morgan fingerprint density at radius 1 is 1.00 bits per heavy atom. The molecule has 3 rings (SSSR count). The van der Waals surface area contributed by atoms with Crippen molar-refractivity contribution in [3.05, 3.63) is 43.7 Å². The van der Waals surface area contributed by atoms with Crippen LogP contribution in [0.1, 0.15) is 93.9 Å². The Bertz CT molecular complexity index is 1900. The second-order valence-corrected chi connectivity index (χ2v) is 30.3. The SMILES string of the molecule is Cc1cn([C@@H]2O[C@H](CO[Si](C)(C)C(C)(C)C)[C@@]3(OS(=O)(=O)C=C3N)[C@H]2O[Si](C)(C)C(C)(C)C)c(=O)n(CCCNC(=O)[C@H](CC(C)C)NC(=O)[C@@H](N)C(C)C)c1=O. The van der Waals surface area contributed by atoms with E-state index in [0.717, 1.165) is 9.98 Å². The van der Waals surface area contributed by atoms with Gasteiger partial charge in [0.15, 0.2) is 28.5 Å². The Hall–Kier alpha value is -2.66. The largest absolute Gasteiger partial charge is 0.414 e. The first-order chi connectivity index (χ1) is 25.8. The Kier molecular flexibility index (Phi) is 15.0. The fourth-order valence-electron chi connectivity index (χ4n) is 6.20. The second kappa shape index (κ2) is 17.5. The number of hydrogen-bond donors (Lipinski definition) is 4. The number of nitrogens with two attached hydrogens (primary N) is 2. The van der Waals surface area contributed by atoms with Crippen LogP contribution < -0.4 is 33.3 Å². The van der Waals surface area contributed by atoms with Crippen molar-refractivity contribution in [1.29, 1.82) is 0 Å². The number of rotatable bonds is 16. The summed E-state index contributed by atoms with van der Waals surface area (Å²) in [7, 11) is -9.53. The van der Waals surface area contributed by atoms with Crippen LogP contribution in [0, 0.1) is 18.8 Å². The smallest absolute Gasteiger partial charge is 0.333 e. The van der Waals surface area contributed by atoms with Crippen LogP contribution >= 0.6 is 0 Å². The van der Waals surface area contributed by atoms with Crippen LogP contribution in [0.15, 0.2) is 26.9 Å². The first-order valence-electron chi connectivity index (χ1n) is 19.9. The van der Waals surface area contributed by atoms with Gasteiger partial charge in [0.2, 0.25) is 11.8 Å². The number of ether oxygens (including phenoxy) is 1. The van der Waals surface area contributed by atoms with Crippen LogP contribution in [0.2, 0.25) is 36.3 Å². The number of amides is 2. The third kappa shape index (κ3) is 10.8. The molecule has 0 bridgehead atoms. The average molecular weight is 859 g/mol. The molecular weight excluding hydrogens is 789 g/mol. The summed E-state index contributed by atoms with van der Waals surface area (Å²) in [4.78, 5) is 53.9. The molecule has 0 saturated carbocycles. The van der Waals surface area contributed by atoms with Gasteiger partial charge in [0.1, 0.15) is 18.2 Å². The van der Waals surface area contributed by atoms with E-state index < -0.39 is 85.9 Å². The van der Waals surface area contributed by atoms with Crippen molar-refractivity contribution in [3.8, 4) is 0 Å². The molecule has 3 heterocycles. The summed E-state index contributed by atoms with van der Waals surface area (Å²) in [5, 5.41) is 5.88. The summed E-state index contributed by atoms with van der Waals surface area (Å²) in [6.45, 7) is 29.4. The van der Waals surface area contributed by atoms with Crippen molar-refractivity contribution in [1.82, 2.24) is 19.8 Å². The van der Waals surface area contributed by atoms with Crippen molar-refractivity contribution in [2.75, 3.05) is 13.2 Å². The highest BCUT2D eigenvalue weighted by molar-refractivity contribution is 7.90. The Labute approximate surface area is 341 Å². The third-order valence-corrected chi connectivity index (χ3v) is 21.9. The lowest BCUT2D eigenvalue weighted by atomic mass is 9.89. The number of carbonyl (C=O) groups is 2. The fourth-order valence-corrected chi connectivity index (χ4v) is 9.70. The van der Waals surface area contributed by atoms with Crippen LogP contribution in [-0.2, 0) is 44.0 Å². The minimum absolute atomic E-state index is 0.0739. The molecule has 6 N–H and O–H groups in total. The molecule has 57 heavy (non-hydrogen) atoms. The van der Waals surface area contributed by atoms with E-state index in [1.807, 2.05) is 61.6 Å². The van der Waals surface area contributed by atoms with E-state index in [-0.39, 0.29) is 59.3 Å². The predicted molar refractivity (Wildman–Crippen MR) is 226 cm³/mol. The van der Waals surface area contributed by atoms with Crippen molar-refractivity contribution in [2.24, 2.45) is 23.3 Å². The van der Waals surface area contributed by atoms with Crippen LogP contribution in [0.3, 0.4) is 0 Å². The van der Waals surface area contributed by atoms with Crippen molar-refractivity contribution in [2.45, 2.75) is 168 Å². The van der Waals surface area contributed by atoms with Gasteiger partial charge in [-0.3, -0.25) is 23.5 Å². The minimum atomic E-state index is -4.30. The highest BCUT2D eigenvalue weighted by Crippen LogP contribution is 2.52. The summed E-state index contributed by atoms with van der Waals surface area (Å²) < 4.78 is 54.8. The van der Waals surface area contributed by atoms with E-state index in [1.165, 1.54) is 10.8 Å². The van der Waals surface area contributed by atoms with Gasteiger partial charge in [-0.15, -0.1) is 0 Å². The number of aryl methyl sites for hydroxylation is 1. The van der Waals surface area contributed by atoms with Gasteiger partial charge in [0.25, 0.3) is 15.7 Å². The molecule has 0 radical (unpaired) electrons. The van der Waals surface area contributed by atoms with Gasteiger partial charge >= 0.3 is 5.69 Å². The summed E-state index contributed by atoms with van der Waals surface area (Å²) >= 11 is 0.